The van der Waals surface area contributed by atoms with Crippen LogP contribution >= 0.6 is 0 Å². The molecule has 18 heavy (non-hydrogen) atoms. The molecule has 0 aliphatic carbocycles. The first-order valence-corrected chi connectivity index (χ1v) is 5.82. The third-order valence-corrected chi connectivity index (χ3v) is 3.22. The molecule has 1 fully saturated rings. The van der Waals surface area contributed by atoms with Gasteiger partial charge in [-0.15, -0.1) is 0 Å². The van der Waals surface area contributed by atoms with E-state index in [1.54, 1.807) is 0 Å². The maximum absolute atomic E-state index is 10.7. The summed E-state index contributed by atoms with van der Waals surface area (Å²) in [4.78, 5) is 12.8. The fourth-order valence-corrected chi connectivity index (χ4v) is 2.26. The maximum Gasteiger partial charge on any atom is 1.00 e. The number of carbonyl (C=O) groups is 1. The van der Waals surface area contributed by atoms with E-state index in [0.717, 1.165) is 6.54 Å². The summed E-state index contributed by atoms with van der Waals surface area (Å²) in [6, 6.07) is 9.95. The minimum atomic E-state index is -1.14. The quantitative estimate of drug-likeness (QED) is 0.574. The molecule has 0 spiro atoms. The second kappa shape index (κ2) is 7.26. The van der Waals surface area contributed by atoms with Crippen LogP contribution in [0.15, 0.2) is 30.3 Å². The molecule has 0 radical (unpaired) electrons. The molecular weight excluding hydrogens is 241 g/mol. The number of carbonyl (C=O) groups excluding carboxylic acids is 1. The molecule has 5 heteroatoms. The molecule has 2 atom stereocenters. The number of aliphatic hydroxyl groups excluding tert-OH is 1. The predicted octanol–water partition coefficient (Wildman–Crippen LogP) is -3.38. The zero-order valence-corrected chi connectivity index (χ0v) is 12.6. The summed E-state index contributed by atoms with van der Waals surface area (Å²) in [6.45, 7) is 1.83. The van der Waals surface area contributed by atoms with Gasteiger partial charge in [-0.3, -0.25) is 4.90 Å². The Hall–Kier alpha value is -0.390. The number of aliphatic carboxylic acids is 1. The Morgan fingerprint density at radius 2 is 2.06 bits per heavy atom. The van der Waals surface area contributed by atoms with Gasteiger partial charge >= 0.3 is 29.6 Å². The van der Waals surface area contributed by atoms with Crippen LogP contribution in [0.1, 0.15) is 12.0 Å². The minimum absolute atomic E-state index is 0. The molecule has 1 aromatic rings. The van der Waals surface area contributed by atoms with E-state index in [2.05, 4.69) is 4.90 Å². The van der Waals surface area contributed by atoms with Crippen molar-refractivity contribution in [1.29, 1.82) is 0 Å². The van der Waals surface area contributed by atoms with E-state index in [1.165, 1.54) is 5.56 Å². The molecule has 0 aromatic heterocycles. The van der Waals surface area contributed by atoms with Crippen molar-refractivity contribution in [3.8, 4) is 0 Å². The molecule has 1 aliphatic heterocycles. The van der Waals surface area contributed by atoms with Gasteiger partial charge < -0.3 is 15.0 Å². The van der Waals surface area contributed by atoms with E-state index in [9.17, 15) is 15.0 Å². The van der Waals surface area contributed by atoms with Gasteiger partial charge in [0, 0.05) is 25.0 Å². The number of likely N-dealkylation sites (tertiary alicyclic amines) is 1. The molecule has 1 heterocycles. The molecule has 0 amide bonds. The number of carboxylic acids is 1. The Morgan fingerprint density at radius 3 is 2.61 bits per heavy atom. The number of nitrogens with zero attached hydrogens (tertiary/aromatic N) is 1. The van der Waals surface area contributed by atoms with E-state index in [0.29, 0.717) is 19.5 Å². The average Bonchev–Trinajstić information content (AvgIpc) is 2.30. The maximum atomic E-state index is 10.7. The zero-order valence-electron chi connectivity index (χ0n) is 10.6. The number of aliphatic hydroxyl groups is 1. The molecule has 2 rings (SSSR count). The van der Waals surface area contributed by atoms with Crippen LogP contribution in [-0.4, -0.2) is 35.2 Å². The molecule has 1 saturated heterocycles. The Labute approximate surface area is 129 Å². The van der Waals surface area contributed by atoms with Gasteiger partial charge in [-0.05, 0) is 18.5 Å². The molecule has 92 valence electrons. The largest absolute Gasteiger partial charge is 1.00 e. The van der Waals surface area contributed by atoms with Gasteiger partial charge in [-0.1, -0.05) is 30.3 Å². The van der Waals surface area contributed by atoms with Crippen molar-refractivity contribution in [2.75, 3.05) is 13.1 Å². The van der Waals surface area contributed by atoms with Crippen LogP contribution in [0.2, 0.25) is 0 Å². The van der Waals surface area contributed by atoms with Crippen molar-refractivity contribution in [3.05, 3.63) is 35.9 Å². The molecule has 1 N–H and O–H groups in total. The molecule has 4 nitrogen and oxygen atoms in total. The van der Waals surface area contributed by atoms with Crippen LogP contribution in [0.4, 0.5) is 0 Å². The van der Waals surface area contributed by atoms with E-state index in [1.807, 2.05) is 30.3 Å². The normalized spacial score (nSPS) is 24.3. The van der Waals surface area contributed by atoms with Crippen molar-refractivity contribution in [3.63, 3.8) is 0 Å². The van der Waals surface area contributed by atoms with E-state index in [-0.39, 0.29) is 29.6 Å². The van der Waals surface area contributed by atoms with Gasteiger partial charge in [0.1, 0.15) is 0 Å². The van der Waals surface area contributed by atoms with Crippen LogP contribution in [0.5, 0.6) is 0 Å². The number of piperidine rings is 1. The van der Waals surface area contributed by atoms with Gasteiger partial charge in [0.05, 0.1) is 6.10 Å². The number of hydrogen-bond acceptors (Lipinski definition) is 4. The standard InChI is InChI=1S/C13H17NO3.Na/c15-12-9-14(7-6-11(12)13(16)17)8-10-4-2-1-3-5-10;/h1-5,11-12,15H,6-9H2,(H,16,17);/q;+1/p-1/t11-,12-;/m1./s1. The summed E-state index contributed by atoms with van der Waals surface area (Å²) in [5.74, 6) is -1.86. The van der Waals surface area contributed by atoms with Crippen molar-refractivity contribution in [2.24, 2.45) is 5.92 Å². The molecular formula is C13H16NNaO3. The van der Waals surface area contributed by atoms with Gasteiger partial charge in [0.25, 0.3) is 0 Å². The fourth-order valence-electron chi connectivity index (χ4n) is 2.26. The number of rotatable bonds is 3. The molecule has 0 unspecified atom stereocenters. The van der Waals surface area contributed by atoms with Gasteiger partial charge in [0.15, 0.2) is 0 Å². The molecule has 0 bridgehead atoms. The van der Waals surface area contributed by atoms with Gasteiger partial charge in [0.2, 0.25) is 0 Å². The van der Waals surface area contributed by atoms with Crippen LogP contribution in [0.25, 0.3) is 0 Å². The predicted molar refractivity (Wildman–Crippen MR) is 60.8 cm³/mol. The number of carboxylic acid groups (broad SMARTS) is 1. The molecule has 1 aliphatic rings. The van der Waals surface area contributed by atoms with Crippen molar-refractivity contribution in [2.45, 2.75) is 19.1 Å². The van der Waals surface area contributed by atoms with E-state index < -0.39 is 18.0 Å². The second-order valence-corrected chi connectivity index (χ2v) is 4.50. The van der Waals surface area contributed by atoms with Crippen molar-refractivity contribution in [1.82, 2.24) is 4.90 Å². The van der Waals surface area contributed by atoms with Crippen LogP contribution in [0, 0.1) is 5.92 Å². The smallest absolute Gasteiger partial charge is 0.550 e. The Kier molecular flexibility index (Phi) is 6.32. The zero-order chi connectivity index (χ0) is 12.3. The number of hydrogen-bond donors (Lipinski definition) is 1. The van der Waals surface area contributed by atoms with Crippen molar-refractivity contribution >= 4 is 5.97 Å². The minimum Gasteiger partial charge on any atom is -0.550 e. The van der Waals surface area contributed by atoms with Gasteiger partial charge in [-0.2, -0.15) is 0 Å². The Morgan fingerprint density at radius 1 is 1.39 bits per heavy atom. The Balaban J connectivity index is 0.00000162. The Bertz CT molecular complexity index is 385. The van der Waals surface area contributed by atoms with Crippen LogP contribution in [0.3, 0.4) is 0 Å². The van der Waals surface area contributed by atoms with E-state index in [4.69, 9.17) is 0 Å². The van der Waals surface area contributed by atoms with Crippen LogP contribution < -0.4 is 34.7 Å². The average molecular weight is 257 g/mol. The summed E-state index contributed by atoms with van der Waals surface area (Å²) in [7, 11) is 0. The summed E-state index contributed by atoms with van der Waals surface area (Å²) < 4.78 is 0. The first-order chi connectivity index (χ1) is 8.16. The second-order valence-electron chi connectivity index (χ2n) is 4.50. The summed E-state index contributed by atoms with van der Waals surface area (Å²) >= 11 is 0. The third kappa shape index (κ3) is 4.07. The molecule has 1 aromatic carbocycles. The van der Waals surface area contributed by atoms with Crippen molar-refractivity contribution < 1.29 is 44.6 Å². The topological polar surface area (TPSA) is 63.6 Å². The summed E-state index contributed by atoms with van der Waals surface area (Å²) in [5.41, 5.74) is 1.17. The summed E-state index contributed by atoms with van der Waals surface area (Å²) in [6.07, 6.45) is -0.367. The monoisotopic (exact) mass is 257 g/mol. The number of benzene rings is 1. The third-order valence-electron chi connectivity index (χ3n) is 3.22. The van der Waals surface area contributed by atoms with Crippen LogP contribution in [-0.2, 0) is 11.3 Å². The van der Waals surface area contributed by atoms with E-state index >= 15 is 0 Å². The SMILES string of the molecule is O=C([O-])[C@@H]1CCN(Cc2ccccc2)C[C@H]1O.[Na+]. The number of β-amino-alcohol motifs (C(OH)–C–C–N with tert-alkyl or cyclic N) is 1. The fraction of sp³-hybridized carbons (Fsp3) is 0.462. The first kappa shape index (κ1) is 15.7. The first-order valence-electron chi connectivity index (χ1n) is 5.82. The van der Waals surface area contributed by atoms with Gasteiger partial charge in [-0.25, -0.2) is 0 Å². The summed E-state index contributed by atoms with van der Waals surface area (Å²) in [5, 5.41) is 20.5. The molecule has 0 saturated carbocycles.